The van der Waals surface area contributed by atoms with Gasteiger partial charge in [0, 0.05) is 18.7 Å². The lowest BCUT2D eigenvalue weighted by molar-refractivity contribution is 0.0294. The molecule has 2 aromatic rings. The van der Waals surface area contributed by atoms with Crippen molar-refractivity contribution in [1.29, 1.82) is 0 Å². The van der Waals surface area contributed by atoms with E-state index in [1.54, 1.807) is 24.3 Å². The van der Waals surface area contributed by atoms with Crippen molar-refractivity contribution >= 4 is 27.3 Å². The van der Waals surface area contributed by atoms with Crippen LogP contribution in [0.25, 0.3) is 0 Å². The summed E-state index contributed by atoms with van der Waals surface area (Å²) in [5.41, 5.74) is 1.17. The second-order valence-corrected chi connectivity index (χ2v) is 8.57. The van der Waals surface area contributed by atoms with Crippen LogP contribution < -0.4 is 14.2 Å². The molecule has 0 saturated carbocycles. The molecule has 1 unspecified atom stereocenters. The molecular weight excluding hydrogens is 402 g/mol. The minimum absolute atomic E-state index is 0.0877. The highest BCUT2D eigenvalue weighted by Crippen LogP contribution is 2.37. The van der Waals surface area contributed by atoms with Crippen LogP contribution >= 0.6 is 11.6 Å². The molecule has 0 amide bonds. The molecule has 28 heavy (non-hydrogen) atoms. The number of ether oxygens (including phenoxy) is 3. The van der Waals surface area contributed by atoms with E-state index in [1.165, 1.54) is 26.4 Å². The third-order valence-corrected chi connectivity index (χ3v) is 5.87. The first-order valence-corrected chi connectivity index (χ1v) is 10.8. The fourth-order valence-corrected chi connectivity index (χ4v) is 4.13. The summed E-state index contributed by atoms with van der Waals surface area (Å²) in [5, 5.41) is 0.322. The zero-order valence-corrected chi connectivity index (χ0v) is 18.2. The van der Waals surface area contributed by atoms with Crippen LogP contribution in [0.5, 0.6) is 11.5 Å². The Balaban J connectivity index is 2.33. The number of nitrogens with one attached hydrogen (secondary N) is 1. The lowest BCUT2D eigenvalue weighted by Crippen LogP contribution is -2.15. The Labute approximate surface area is 171 Å². The third-order valence-electron chi connectivity index (χ3n) is 4.19. The van der Waals surface area contributed by atoms with Gasteiger partial charge in [-0.3, -0.25) is 4.72 Å². The van der Waals surface area contributed by atoms with E-state index in [9.17, 15) is 8.42 Å². The van der Waals surface area contributed by atoms with Crippen LogP contribution in [0.15, 0.2) is 41.3 Å². The van der Waals surface area contributed by atoms with Gasteiger partial charge >= 0.3 is 0 Å². The molecule has 1 atom stereocenters. The van der Waals surface area contributed by atoms with Crippen molar-refractivity contribution in [3.8, 4) is 11.5 Å². The molecule has 0 bridgehead atoms. The molecule has 0 aliphatic carbocycles. The predicted molar refractivity (Wildman–Crippen MR) is 111 cm³/mol. The summed E-state index contributed by atoms with van der Waals surface area (Å²) in [6, 6.07) is 9.65. The third kappa shape index (κ3) is 5.10. The molecule has 0 aromatic heterocycles. The van der Waals surface area contributed by atoms with Crippen molar-refractivity contribution in [1.82, 2.24) is 0 Å². The first kappa shape index (κ1) is 22.3. The van der Waals surface area contributed by atoms with Gasteiger partial charge in [-0.15, -0.1) is 0 Å². The Morgan fingerprint density at radius 1 is 1.04 bits per heavy atom. The SMILES string of the molecule is CCOC(c1ccc(S(=O)(=O)Nc2cc(OC)c(Cl)cc2OC)cc1)C(C)C. The van der Waals surface area contributed by atoms with Crippen molar-refractivity contribution in [3.05, 3.63) is 47.0 Å². The summed E-state index contributed by atoms with van der Waals surface area (Å²) in [4.78, 5) is 0.131. The molecule has 0 aliphatic rings. The van der Waals surface area contributed by atoms with Gasteiger partial charge in [-0.25, -0.2) is 8.42 Å². The summed E-state index contributed by atoms with van der Waals surface area (Å²) >= 11 is 6.07. The Hall–Kier alpha value is -1.96. The average Bonchev–Trinajstić information content (AvgIpc) is 2.66. The van der Waals surface area contributed by atoms with Gasteiger partial charge in [0.2, 0.25) is 0 Å². The number of rotatable bonds is 9. The smallest absolute Gasteiger partial charge is 0.262 e. The lowest BCUT2D eigenvalue weighted by atomic mass is 9.99. The molecule has 0 fully saturated rings. The summed E-state index contributed by atoms with van der Waals surface area (Å²) < 4.78 is 44.3. The summed E-state index contributed by atoms with van der Waals surface area (Å²) in [5.74, 6) is 0.903. The van der Waals surface area contributed by atoms with E-state index in [-0.39, 0.29) is 22.6 Å². The molecule has 2 aromatic carbocycles. The first-order chi connectivity index (χ1) is 13.2. The van der Waals surface area contributed by atoms with Crippen LogP contribution in [0.3, 0.4) is 0 Å². The Morgan fingerprint density at radius 3 is 2.14 bits per heavy atom. The topological polar surface area (TPSA) is 73.9 Å². The molecule has 0 aliphatic heterocycles. The van der Waals surface area contributed by atoms with Gasteiger partial charge in [-0.05, 0) is 30.5 Å². The molecular formula is C20H26ClNO5S. The van der Waals surface area contributed by atoms with E-state index in [0.29, 0.717) is 23.1 Å². The Morgan fingerprint density at radius 2 is 1.64 bits per heavy atom. The van der Waals surface area contributed by atoms with Crippen LogP contribution in [-0.4, -0.2) is 29.2 Å². The number of halogens is 1. The number of methoxy groups -OCH3 is 2. The van der Waals surface area contributed by atoms with Crippen molar-refractivity contribution in [2.75, 3.05) is 25.5 Å². The van der Waals surface area contributed by atoms with Crippen LogP contribution in [0, 0.1) is 5.92 Å². The van der Waals surface area contributed by atoms with Gasteiger partial charge in [0.05, 0.1) is 35.9 Å². The second kappa shape index (κ2) is 9.49. The van der Waals surface area contributed by atoms with Crippen molar-refractivity contribution in [3.63, 3.8) is 0 Å². The van der Waals surface area contributed by atoms with Gasteiger partial charge in [0.1, 0.15) is 11.5 Å². The van der Waals surface area contributed by atoms with Crippen LogP contribution in [-0.2, 0) is 14.8 Å². The number of hydrogen-bond donors (Lipinski definition) is 1. The van der Waals surface area contributed by atoms with E-state index in [0.717, 1.165) is 5.56 Å². The molecule has 0 spiro atoms. The minimum Gasteiger partial charge on any atom is -0.495 e. The molecule has 0 saturated heterocycles. The molecule has 0 radical (unpaired) electrons. The van der Waals surface area contributed by atoms with E-state index in [2.05, 4.69) is 18.6 Å². The number of sulfonamides is 1. The van der Waals surface area contributed by atoms with E-state index < -0.39 is 10.0 Å². The zero-order valence-electron chi connectivity index (χ0n) is 16.7. The van der Waals surface area contributed by atoms with Gasteiger partial charge < -0.3 is 14.2 Å². The molecule has 6 nitrogen and oxygen atoms in total. The van der Waals surface area contributed by atoms with Crippen LogP contribution in [0.4, 0.5) is 5.69 Å². The van der Waals surface area contributed by atoms with E-state index in [1.807, 2.05) is 6.92 Å². The lowest BCUT2D eigenvalue weighted by Gasteiger charge is -2.21. The number of benzene rings is 2. The van der Waals surface area contributed by atoms with Crippen LogP contribution in [0.1, 0.15) is 32.4 Å². The van der Waals surface area contributed by atoms with Gasteiger partial charge in [0.25, 0.3) is 10.0 Å². The first-order valence-electron chi connectivity index (χ1n) is 8.89. The highest BCUT2D eigenvalue weighted by atomic mass is 35.5. The molecule has 2 rings (SSSR count). The number of anilines is 1. The number of hydrogen-bond acceptors (Lipinski definition) is 5. The van der Waals surface area contributed by atoms with Gasteiger partial charge in [-0.1, -0.05) is 37.6 Å². The zero-order chi connectivity index (χ0) is 20.9. The van der Waals surface area contributed by atoms with Gasteiger partial charge in [0.15, 0.2) is 0 Å². The molecule has 0 heterocycles. The minimum atomic E-state index is -3.83. The van der Waals surface area contributed by atoms with E-state index in [4.69, 9.17) is 25.8 Å². The highest BCUT2D eigenvalue weighted by molar-refractivity contribution is 7.92. The maximum Gasteiger partial charge on any atom is 0.262 e. The highest BCUT2D eigenvalue weighted by Gasteiger charge is 2.21. The Kier molecular flexibility index (Phi) is 7.57. The monoisotopic (exact) mass is 427 g/mol. The maximum atomic E-state index is 12.8. The summed E-state index contributed by atoms with van der Waals surface area (Å²) in [7, 11) is -0.941. The van der Waals surface area contributed by atoms with Gasteiger partial charge in [-0.2, -0.15) is 0 Å². The maximum absolute atomic E-state index is 12.8. The van der Waals surface area contributed by atoms with E-state index >= 15 is 0 Å². The largest absolute Gasteiger partial charge is 0.495 e. The standard InChI is InChI=1S/C20H26ClNO5S/c1-6-27-20(13(2)3)14-7-9-15(10-8-14)28(23,24)22-17-12-18(25-4)16(21)11-19(17)26-5/h7-13,20,22H,6H2,1-5H3. The molecule has 8 heteroatoms. The molecule has 154 valence electrons. The fraction of sp³-hybridized carbons (Fsp3) is 0.400. The summed E-state index contributed by atoms with van der Waals surface area (Å²) in [6.07, 6.45) is -0.0877. The quantitative estimate of drug-likeness (QED) is 0.616. The average molecular weight is 428 g/mol. The second-order valence-electron chi connectivity index (χ2n) is 6.48. The molecule has 1 N–H and O–H groups in total. The summed E-state index contributed by atoms with van der Waals surface area (Å²) in [6.45, 7) is 6.65. The fourth-order valence-electron chi connectivity index (χ4n) is 2.83. The normalized spacial score (nSPS) is 12.7. The Bertz CT molecular complexity index is 898. The van der Waals surface area contributed by atoms with Crippen LogP contribution in [0.2, 0.25) is 5.02 Å². The van der Waals surface area contributed by atoms with Crippen molar-refractivity contribution < 1.29 is 22.6 Å². The van der Waals surface area contributed by atoms with Crippen molar-refractivity contribution in [2.45, 2.75) is 31.8 Å². The van der Waals surface area contributed by atoms with Crippen molar-refractivity contribution in [2.24, 2.45) is 5.92 Å². The predicted octanol–water partition coefficient (Wildman–Crippen LogP) is 4.89.